The second kappa shape index (κ2) is 32.4. The Bertz CT molecular complexity index is 6940. The van der Waals surface area contributed by atoms with E-state index in [4.69, 9.17) is 0 Å². The number of hydrogen-bond donors (Lipinski definition) is 0. The second-order valence-corrected chi connectivity index (χ2v) is 31.4. The molecule has 574 valence electrons. The zero-order chi connectivity index (χ0) is 80.4. The van der Waals surface area contributed by atoms with Crippen LogP contribution >= 0.6 is 0 Å². The molecule has 0 aliphatic heterocycles. The van der Waals surface area contributed by atoms with Crippen LogP contribution in [-0.4, -0.2) is 30.3 Å². The van der Waals surface area contributed by atoms with Crippen molar-refractivity contribution in [3.05, 3.63) is 476 Å². The molecule has 0 amide bonds. The molecule has 22 rings (SSSR count). The first-order valence-corrected chi connectivity index (χ1v) is 41.5. The second-order valence-electron chi connectivity index (χ2n) is 31.4. The Morgan fingerprint density at radius 3 is 0.883 bits per heavy atom. The SMILES string of the molecule is CN(c1ccc(-n2c3ccccc3c3ccccc32)cc1)c1cccc(-c2ccc(Cc3ccccc3)cc2)c1.CN(c1ccc(-n2c3ccccc3c3ccccc32)cc1)c1cccc(-c2ccc3c(c2)-c2ccccc2C3)c1.CN(c1ccc(N(c2ccccc2)c2ccccc2)cc1)c1cccc(-c2ccc3c(c2)-c2ccccc2C3)c1. The minimum absolute atomic E-state index is 0.953. The first kappa shape index (κ1) is 73.6. The number of hydrogen-bond acceptors (Lipinski definition) is 4. The van der Waals surface area contributed by atoms with E-state index >= 15 is 0 Å². The Morgan fingerprint density at radius 2 is 0.483 bits per heavy atom. The van der Waals surface area contributed by atoms with Gasteiger partial charge >= 0.3 is 0 Å². The zero-order valence-corrected chi connectivity index (χ0v) is 67.5. The van der Waals surface area contributed by atoms with Crippen molar-refractivity contribution in [2.24, 2.45) is 0 Å². The highest BCUT2D eigenvalue weighted by atomic mass is 15.1. The summed E-state index contributed by atoms with van der Waals surface area (Å²) in [5.41, 5.74) is 38.8. The predicted molar refractivity (Wildman–Crippen MR) is 508 cm³/mol. The molecule has 2 aliphatic carbocycles. The van der Waals surface area contributed by atoms with Gasteiger partial charge in [0.25, 0.3) is 0 Å². The Kier molecular flexibility index (Phi) is 19.9. The summed E-state index contributed by atoms with van der Waals surface area (Å²) >= 11 is 0. The van der Waals surface area contributed by atoms with Crippen LogP contribution in [0.1, 0.15) is 33.4 Å². The quantitative estimate of drug-likeness (QED) is 0.0962. The van der Waals surface area contributed by atoms with E-state index in [0.29, 0.717) is 0 Å². The lowest BCUT2D eigenvalue weighted by molar-refractivity contribution is 1.16. The first-order chi connectivity index (χ1) is 59.2. The van der Waals surface area contributed by atoms with Gasteiger partial charge in [0, 0.05) is 105 Å². The van der Waals surface area contributed by atoms with E-state index in [1.54, 1.807) is 0 Å². The maximum Gasteiger partial charge on any atom is 0.0541 e. The first-order valence-electron chi connectivity index (χ1n) is 41.5. The van der Waals surface area contributed by atoms with Gasteiger partial charge in [0.2, 0.25) is 0 Å². The standard InChI is InChI=1S/C38H28N2.2C38H30N2/c1-39(30-19-21-31(22-20-30)40-37-15-6-4-13-34(37)35-14-5-7-16-38(35)40)32-11-8-10-26(24-32)27-17-18-29-23-28-9-2-3-12-33(28)36(29)25-27;1-39(32-21-23-35(24-22-32)40(33-13-4-2-5-14-33)34-15-6-3-7-16-34)36-17-10-12-28(26-36)29-19-20-31-25-30-11-8-9-18-37(30)38(31)27-29;1-39(34-13-9-12-31(27-34)30-20-18-29(19-21-30)26-28-10-3-2-4-11-28)32-22-24-33(25-23-32)40-37-16-7-5-14-35(37)36-15-6-8-17-38(36)40/h2-22,24-25H,23H2,1H3;2-24,26-27H,25H2,1H3;2-25,27H,26H2,1H3. The van der Waals surface area contributed by atoms with Crippen LogP contribution in [0.15, 0.2) is 443 Å². The van der Waals surface area contributed by atoms with Gasteiger partial charge in [0.05, 0.1) is 22.1 Å². The molecule has 0 spiro atoms. The molecule has 0 radical (unpaired) electrons. The van der Waals surface area contributed by atoms with Crippen molar-refractivity contribution in [2.45, 2.75) is 19.3 Å². The summed E-state index contributed by atoms with van der Waals surface area (Å²) < 4.78 is 4.72. The van der Waals surface area contributed by atoms with Gasteiger partial charge in [-0.1, -0.05) is 273 Å². The van der Waals surface area contributed by atoms with Gasteiger partial charge in [-0.2, -0.15) is 0 Å². The van der Waals surface area contributed by atoms with Gasteiger partial charge in [0.1, 0.15) is 0 Å². The van der Waals surface area contributed by atoms with Crippen molar-refractivity contribution in [3.8, 4) is 67.0 Å². The molecule has 0 N–H and O–H groups in total. The Morgan fingerprint density at radius 1 is 0.200 bits per heavy atom. The third-order valence-electron chi connectivity index (χ3n) is 24.2. The van der Waals surface area contributed by atoms with E-state index in [1.807, 2.05) is 0 Å². The lowest BCUT2D eigenvalue weighted by Crippen LogP contribution is -2.11. The molecule has 6 nitrogen and oxygen atoms in total. The smallest absolute Gasteiger partial charge is 0.0541 e. The summed E-state index contributed by atoms with van der Waals surface area (Å²) in [4.78, 5) is 9.06. The number of rotatable bonds is 16. The molecular formula is C114H88N6. The van der Waals surface area contributed by atoms with Crippen molar-refractivity contribution in [1.82, 2.24) is 9.13 Å². The van der Waals surface area contributed by atoms with Crippen molar-refractivity contribution in [2.75, 3.05) is 40.7 Å². The van der Waals surface area contributed by atoms with Crippen LogP contribution in [0.5, 0.6) is 0 Å². The number of para-hydroxylation sites is 6. The van der Waals surface area contributed by atoms with E-state index < -0.39 is 0 Å². The van der Waals surface area contributed by atoms with E-state index in [0.717, 1.165) is 64.8 Å². The number of nitrogens with zero attached hydrogens (tertiary/aromatic N) is 6. The molecule has 6 heteroatoms. The van der Waals surface area contributed by atoms with Gasteiger partial charge in [-0.15, -0.1) is 0 Å². The molecule has 2 aliphatic rings. The predicted octanol–water partition coefficient (Wildman–Crippen LogP) is 29.8. The molecule has 20 aromatic rings. The highest BCUT2D eigenvalue weighted by Crippen LogP contribution is 2.44. The summed E-state index contributed by atoms with van der Waals surface area (Å²) in [7, 11) is 6.42. The lowest BCUT2D eigenvalue weighted by atomic mass is 9.98. The normalized spacial score (nSPS) is 11.6. The summed E-state index contributed by atoms with van der Waals surface area (Å²) in [6, 6.07) is 160. The largest absolute Gasteiger partial charge is 0.345 e. The third-order valence-corrected chi connectivity index (χ3v) is 24.2. The van der Waals surface area contributed by atoms with Crippen molar-refractivity contribution < 1.29 is 0 Å². The number of benzene rings is 18. The van der Waals surface area contributed by atoms with E-state index in [1.165, 1.54) is 150 Å². The number of anilines is 9. The Balaban J connectivity index is 0.000000115. The molecule has 120 heavy (non-hydrogen) atoms. The average molecular weight is 1540 g/mol. The van der Waals surface area contributed by atoms with Crippen LogP contribution in [0.4, 0.5) is 51.2 Å². The van der Waals surface area contributed by atoms with Crippen LogP contribution in [0.3, 0.4) is 0 Å². The van der Waals surface area contributed by atoms with E-state index in [2.05, 4.69) is 493 Å². The molecular weight excluding hydrogens is 1450 g/mol. The summed E-state index contributed by atoms with van der Waals surface area (Å²) in [5, 5.41) is 5.13. The molecule has 0 saturated carbocycles. The van der Waals surface area contributed by atoms with E-state index in [-0.39, 0.29) is 0 Å². The van der Waals surface area contributed by atoms with Gasteiger partial charge in [-0.25, -0.2) is 0 Å². The molecule has 0 bridgehead atoms. The Labute approximate surface area is 702 Å². The molecule has 2 aromatic heterocycles. The topological polar surface area (TPSA) is 22.8 Å². The molecule has 0 fully saturated rings. The molecule has 2 heterocycles. The molecule has 18 aromatic carbocycles. The number of aromatic nitrogens is 2. The van der Waals surface area contributed by atoms with Crippen LogP contribution in [0, 0.1) is 0 Å². The molecule has 0 saturated heterocycles. The maximum atomic E-state index is 2.36. The minimum Gasteiger partial charge on any atom is -0.345 e. The van der Waals surface area contributed by atoms with Gasteiger partial charge in [0.15, 0.2) is 0 Å². The van der Waals surface area contributed by atoms with Crippen LogP contribution in [-0.2, 0) is 19.3 Å². The summed E-state index contributed by atoms with van der Waals surface area (Å²) in [6.07, 6.45) is 3.00. The fourth-order valence-corrected chi connectivity index (χ4v) is 17.9. The molecule has 0 unspecified atom stereocenters. The lowest BCUT2D eigenvalue weighted by Gasteiger charge is -2.26. The fraction of sp³-hybridized carbons (Fsp3) is 0.0526. The highest BCUT2D eigenvalue weighted by Gasteiger charge is 2.23. The van der Waals surface area contributed by atoms with Gasteiger partial charge in [-0.3, -0.25) is 0 Å². The maximum absolute atomic E-state index is 2.36. The number of fused-ring (bicyclic) bond motifs is 12. The minimum atomic E-state index is 0.953. The van der Waals surface area contributed by atoms with Gasteiger partial charge < -0.3 is 28.7 Å². The third kappa shape index (κ3) is 14.5. The Hall–Kier alpha value is -15.2. The highest BCUT2D eigenvalue weighted by molar-refractivity contribution is 6.10. The van der Waals surface area contributed by atoms with Crippen molar-refractivity contribution in [1.29, 1.82) is 0 Å². The van der Waals surface area contributed by atoms with Crippen molar-refractivity contribution in [3.63, 3.8) is 0 Å². The summed E-state index contributed by atoms with van der Waals surface area (Å²) in [5.74, 6) is 0. The average Bonchev–Trinajstić information content (AvgIpc) is 1.60. The monoisotopic (exact) mass is 1540 g/mol. The van der Waals surface area contributed by atoms with Crippen LogP contribution in [0.25, 0.3) is 111 Å². The van der Waals surface area contributed by atoms with Crippen LogP contribution in [0.2, 0.25) is 0 Å². The van der Waals surface area contributed by atoms with E-state index in [9.17, 15) is 0 Å². The zero-order valence-electron chi connectivity index (χ0n) is 67.5. The van der Waals surface area contributed by atoms with Gasteiger partial charge in [-0.05, 0) is 278 Å². The molecule has 0 atom stereocenters. The summed E-state index contributed by atoms with van der Waals surface area (Å²) in [6.45, 7) is 0. The van der Waals surface area contributed by atoms with Crippen molar-refractivity contribution >= 4 is 94.8 Å². The van der Waals surface area contributed by atoms with Crippen LogP contribution < -0.4 is 19.6 Å². The fourth-order valence-electron chi connectivity index (χ4n) is 17.9.